The number of carboxylic acids is 1. The standard InChI is InChI=1S/C19H32N8O6/c20-6-2-1-3-12(21)17(30)24-9-16(29)26-14(7-11-8-23-10-25-11)18(31)27-13(19(32)33)4-5-15(22)28/h8,10,12-14H,1-7,9,20-21H2,(H2,22,28)(H,23,25)(H,24,30)(H,26,29)(H,27,31)(H,32,33). The number of carbonyl (C=O) groups excluding carboxylic acids is 4. The molecule has 0 aromatic carbocycles. The third-order valence-corrected chi connectivity index (χ3v) is 4.65. The Bertz CT molecular complexity index is 800. The first kappa shape index (κ1) is 27.5. The van der Waals surface area contributed by atoms with Gasteiger partial charge in [0.05, 0.1) is 18.9 Å². The van der Waals surface area contributed by atoms with Crippen LogP contribution in [0, 0.1) is 0 Å². The van der Waals surface area contributed by atoms with Gasteiger partial charge in [0.2, 0.25) is 23.6 Å². The highest BCUT2D eigenvalue weighted by Crippen LogP contribution is 2.03. The molecule has 3 atom stereocenters. The molecule has 11 N–H and O–H groups in total. The van der Waals surface area contributed by atoms with Crippen LogP contribution in [0.5, 0.6) is 0 Å². The van der Waals surface area contributed by atoms with Crippen LogP contribution in [0.4, 0.5) is 0 Å². The summed E-state index contributed by atoms with van der Waals surface area (Å²) in [6, 6.07) is -3.35. The van der Waals surface area contributed by atoms with E-state index in [0.717, 1.165) is 6.42 Å². The maximum atomic E-state index is 12.7. The molecular formula is C19H32N8O6. The maximum Gasteiger partial charge on any atom is 0.326 e. The van der Waals surface area contributed by atoms with Gasteiger partial charge < -0.3 is 43.2 Å². The van der Waals surface area contributed by atoms with E-state index in [1.807, 2.05) is 0 Å². The lowest BCUT2D eigenvalue weighted by molar-refractivity contribution is -0.142. The van der Waals surface area contributed by atoms with Gasteiger partial charge in [0.1, 0.15) is 12.1 Å². The average Bonchev–Trinajstić information content (AvgIpc) is 3.27. The number of carbonyl (C=O) groups is 5. The van der Waals surface area contributed by atoms with E-state index in [0.29, 0.717) is 25.1 Å². The molecule has 0 fully saturated rings. The summed E-state index contributed by atoms with van der Waals surface area (Å²) in [5.74, 6) is -4.06. The number of carboxylic acid groups (broad SMARTS) is 1. The van der Waals surface area contributed by atoms with Crippen LogP contribution in [-0.4, -0.2) is 75.9 Å². The van der Waals surface area contributed by atoms with E-state index in [4.69, 9.17) is 17.2 Å². The Morgan fingerprint density at radius 3 is 2.36 bits per heavy atom. The van der Waals surface area contributed by atoms with Gasteiger partial charge in [0, 0.05) is 24.7 Å². The normalized spacial score (nSPS) is 13.4. The summed E-state index contributed by atoms with van der Waals surface area (Å²) >= 11 is 0. The smallest absolute Gasteiger partial charge is 0.326 e. The van der Waals surface area contributed by atoms with Crippen LogP contribution in [-0.2, 0) is 30.4 Å². The van der Waals surface area contributed by atoms with E-state index in [-0.39, 0.29) is 19.3 Å². The number of H-pyrrole nitrogens is 1. The molecule has 0 aliphatic rings. The van der Waals surface area contributed by atoms with E-state index in [1.165, 1.54) is 12.5 Å². The molecule has 0 spiro atoms. The highest BCUT2D eigenvalue weighted by atomic mass is 16.4. The molecule has 184 valence electrons. The number of nitrogens with one attached hydrogen (secondary N) is 4. The zero-order chi connectivity index (χ0) is 24.8. The van der Waals surface area contributed by atoms with Crippen LogP contribution in [0.1, 0.15) is 37.8 Å². The molecule has 0 saturated heterocycles. The van der Waals surface area contributed by atoms with Crippen LogP contribution in [0.3, 0.4) is 0 Å². The van der Waals surface area contributed by atoms with Crippen molar-refractivity contribution in [3.05, 3.63) is 18.2 Å². The van der Waals surface area contributed by atoms with Gasteiger partial charge in [0.25, 0.3) is 0 Å². The summed E-state index contributed by atoms with van der Waals surface area (Å²) in [6.07, 6.45) is 4.16. The minimum absolute atomic E-state index is 0.0215. The highest BCUT2D eigenvalue weighted by Gasteiger charge is 2.27. The minimum Gasteiger partial charge on any atom is -0.480 e. The summed E-state index contributed by atoms with van der Waals surface area (Å²) in [4.78, 5) is 66.0. The highest BCUT2D eigenvalue weighted by molar-refractivity contribution is 5.92. The topological polar surface area (TPSA) is 248 Å². The van der Waals surface area contributed by atoms with E-state index >= 15 is 0 Å². The van der Waals surface area contributed by atoms with Crippen molar-refractivity contribution >= 4 is 29.6 Å². The lowest BCUT2D eigenvalue weighted by Gasteiger charge is -2.21. The molecule has 1 heterocycles. The second-order valence-electron chi connectivity index (χ2n) is 7.41. The van der Waals surface area contributed by atoms with Crippen molar-refractivity contribution in [2.75, 3.05) is 13.1 Å². The summed E-state index contributed by atoms with van der Waals surface area (Å²) in [5, 5.41) is 16.4. The Morgan fingerprint density at radius 2 is 1.79 bits per heavy atom. The van der Waals surface area contributed by atoms with Crippen LogP contribution in [0.25, 0.3) is 0 Å². The number of aromatic amines is 1. The fourth-order valence-corrected chi connectivity index (χ4v) is 2.83. The number of aromatic nitrogens is 2. The lowest BCUT2D eigenvalue weighted by Crippen LogP contribution is -2.54. The van der Waals surface area contributed by atoms with Crippen molar-refractivity contribution in [3.8, 4) is 0 Å². The van der Waals surface area contributed by atoms with Gasteiger partial charge in [-0.1, -0.05) is 6.42 Å². The summed E-state index contributed by atoms with van der Waals surface area (Å²) in [5.41, 5.74) is 16.7. The Balaban J connectivity index is 2.72. The first-order valence-electron chi connectivity index (χ1n) is 10.5. The van der Waals surface area contributed by atoms with E-state index in [2.05, 4.69) is 25.9 Å². The van der Waals surface area contributed by atoms with Gasteiger partial charge in [-0.15, -0.1) is 0 Å². The Hall–Kier alpha value is -3.52. The summed E-state index contributed by atoms with van der Waals surface area (Å²) < 4.78 is 0. The molecule has 33 heavy (non-hydrogen) atoms. The van der Waals surface area contributed by atoms with E-state index in [9.17, 15) is 29.1 Å². The molecule has 3 unspecified atom stereocenters. The number of rotatable bonds is 16. The molecule has 0 aliphatic heterocycles. The van der Waals surface area contributed by atoms with Crippen molar-refractivity contribution in [1.82, 2.24) is 25.9 Å². The Morgan fingerprint density at radius 1 is 1.06 bits per heavy atom. The number of hydrogen-bond donors (Lipinski definition) is 8. The fourth-order valence-electron chi connectivity index (χ4n) is 2.83. The van der Waals surface area contributed by atoms with E-state index < -0.39 is 54.3 Å². The second-order valence-corrected chi connectivity index (χ2v) is 7.41. The molecular weight excluding hydrogens is 436 g/mol. The third kappa shape index (κ3) is 11.1. The summed E-state index contributed by atoms with van der Waals surface area (Å²) in [7, 11) is 0. The van der Waals surface area contributed by atoms with Gasteiger partial charge >= 0.3 is 5.97 Å². The molecule has 1 rings (SSSR count). The van der Waals surface area contributed by atoms with Crippen molar-refractivity contribution in [2.24, 2.45) is 17.2 Å². The van der Waals surface area contributed by atoms with E-state index in [1.54, 1.807) is 0 Å². The Kier molecular flexibility index (Phi) is 12.1. The molecule has 0 radical (unpaired) electrons. The number of nitrogens with zero attached hydrogens (tertiary/aromatic N) is 1. The van der Waals surface area contributed by atoms with Crippen molar-refractivity contribution in [3.63, 3.8) is 0 Å². The molecule has 0 saturated carbocycles. The van der Waals surface area contributed by atoms with Crippen LogP contribution in [0.15, 0.2) is 12.5 Å². The predicted molar refractivity (Wildman–Crippen MR) is 116 cm³/mol. The van der Waals surface area contributed by atoms with Crippen LogP contribution < -0.4 is 33.2 Å². The van der Waals surface area contributed by atoms with Gasteiger partial charge in [0.15, 0.2) is 0 Å². The minimum atomic E-state index is -1.38. The van der Waals surface area contributed by atoms with Gasteiger partial charge in [-0.3, -0.25) is 19.2 Å². The number of unbranched alkanes of at least 4 members (excludes halogenated alkanes) is 1. The summed E-state index contributed by atoms with van der Waals surface area (Å²) in [6.45, 7) is 0.0575. The van der Waals surface area contributed by atoms with Crippen molar-refractivity contribution in [1.29, 1.82) is 0 Å². The molecule has 14 nitrogen and oxygen atoms in total. The second kappa shape index (κ2) is 14.5. The number of hydrogen-bond acceptors (Lipinski definition) is 8. The van der Waals surface area contributed by atoms with Gasteiger partial charge in [-0.25, -0.2) is 9.78 Å². The van der Waals surface area contributed by atoms with Gasteiger partial charge in [-0.2, -0.15) is 0 Å². The molecule has 0 bridgehead atoms. The largest absolute Gasteiger partial charge is 0.480 e. The molecule has 0 aliphatic carbocycles. The lowest BCUT2D eigenvalue weighted by atomic mass is 10.1. The quantitative estimate of drug-likeness (QED) is 0.114. The average molecular weight is 469 g/mol. The number of amides is 4. The van der Waals surface area contributed by atoms with Crippen molar-refractivity contribution in [2.45, 2.75) is 56.7 Å². The van der Waals surface area contributed by atoms with Gasteiger partial charge in [-0.05, 0) is 25.8 Å². The number of imidazole rings is 1. The third-order valence-electron chi connectivity index (χ3n) is 4.65. The molecule has 4 amide bonds. The molecule has 1 aromatic heterocycles. The first-order valence-corrected chi connectivity index (χ1v) is 10.5. The fraction of sp³-hybridized carbons (Fsp3) is 0.579. The van der Waals surface area contributed by atoms with Crippen LogP contribution in [0.2, 0.25) is 0 Å². The zero-order valence-electron chi connectivity index (χ0n) is 18.2. The maximum absolute atomic E-state index is 12.7. The van der Waals surface area contributed by atoms with Crippen LogP contribution >= 0.6 is 0 Å². The predicted octanol–water partition coefficient (Wildman–Crippen LogP) is -3.16. The first-order chi connectivity index (χ1) is 15.6. The number of nitrogens with two attached hydrogens (primary N) is 3. The van der Waals surface area contributed by atoms with Crippen molar-refractivity contribution < 1.29 is 29.1 Å². The molecule has 1 aromatic rings. The monoisotopic (exact) mass is 468 g/mol. The number of aliphatic carboxylic acids is 1. The zero-order valence-corrected chi connectivity index (χ0v) is 18.2. The number of primary amides is 1. The Labute approximate surface area is 190 Å². The molecule has 14 heteroatoms. The SMILES string of the molecule is NCCCCC(N)C(=O)NCC(=O)NC(Cc1cnc[nH]1)C(=O)NC(CCC(N)=O)C(=O)O.